The average Bonchev–Trinajstić information content (AvgIpc) is 2.97. The predicted octanol–water partition coefficient (Wildman–Crippen LogP) is -1.49. The van der Waals surface area contributed by atoms with Gasteiger partial charge in [0.15, 0.2) is 9.84 Å². The molecule has 1 saturated heterocycles. The Labute approximate surface area is 121 Å². The Morgan fingerprint density at radius 1 is 1.57 bits per heavy atom. The van der Waals surface area contributed by atoms with Gasteiger partial charge in [-0.2, -0.15) is 0 Å². The van der Waals surface area contributed by atoms with Gasteiger partial charge in [-0.15, -0.1) is 0 Å². The third-order valence-electron chi connectivity index (χ3n) is 3.21. The van der Waals surface area contributed by atoms with Crippen LogP contribution in [0, 0.1) is 0 Å². The number of H-pyrrole nitrogens is 1. The number of sulfone groups is 1. The molecule has 2 atom stereocenters. The Hall–Kier alpha value is -1.46. The number of aromatic nitrogens is 2. The van der Waals surface area contributed by atoms with Crippen molar-refractivity contribution in [1.82, 2.24) is 14.7 Å². The van der Waals surface area contributed by atoms with Gasteiger partial charge in [0, 0.05) is 18.3 Å². The van der Waals surface area contributed by atoms with Crippen molar-refractivity contribution >= 4 is 25.8 Å². The van der Waals surface area contributed by atoms with Crippen molar-refractivity contribution in [1.29, 1.82) is 0 Å². The lowest BCUT2D eigenvalue weighted by Crippen LogP contribution is -2.46. The van der Waals surface area contributed by atoms with Crippen molar-refractivity contribution in [3.05, 3.63) is 18.2 Å². The molecule has 0 bridgehead atoms. The summed E-state index contributed by atoms with van der Waals surface area (Å²) in [6.07, 6.45) is 2.62. The van der Waals surface area contributed by atoms with Crippen LogP contribution in [0.4, 0.5) is 0 Å². The van der Waals surface area contributed by atoms with Crippen molar-refractivity contribution in [3.63, 3.8) is 0 Å². The second kappa shape index (κ2) is 5.73. The van der Waals surface area contributed by atoms with Crippen LogP contribution in [0.1, 0.15) is 12.1 Å². The molecule has 0 saturated carbocycles. The smallest absolute Gasteiger partial charge is 0.322 e. The van der Waals surface area contributed by atoms with Crippen molar-refractivity contribution in [3.8, 4) is 0 Å². The van der Waals surface area contributed by atoms with Gasteiger partial charge in [0.05, 0.1) is 23.1 Å². The molecule has 0 aliphatic carbocycles. The molecule has 1 aliphatic rings. The molecule has 21 heavy (non-hydrogen) atoms. The Kier molecular flexibility index (Phi) is 4.35. The largest absolute Gasteiger partial charge is 0.480 e. The second-order valence-corrected chi connectivity index (χ2v) is 9.08. The van der Waals surface area contributed by atoms with Crippen LogP contribution >= 0.6 is 0 Å². The fourth-order valence-electron chi connectivity index (χ4n) is 2.10. The molecule has 1 aliphatic heterocycles. The molecule has 0 radical (unpaired) electrons. The SMILES string of the molecule is O=C(O)[C@@H](Cc1cnc[nH]1)NS(=O)(=O)C1CCS(=O)(=O)C1. The van der Waals surface area contributed by atoms with E-state index in [1.807, 2.05) is 0 Å². The highest BCUT2D eigenvalue weighted by Gasteiger charge is 2.39. The highest BCUT2D eigenvalue weighted by Crippen LogP contribution is 2.18. The summed E-state index contributed by atoms with van der Waals surface area (Å²) in [5.41, 5.74) is 0.462. The molecule has 1 fully saturated rings. The third kappa shape index (κ3) is 4.02. The number of nitrogens with zero attached hydrogens (tertiary/aromatic N) is 1. The second-order valence-electron chi connectivity index (χ2n) is 4.86. The monoisotopic (exact) mass is 337 g/mol. The molecule has 1 unspecified atom stereocenters. The molecular weight excluding hydrogens is 322 g/mol. The highest BCUT2D eigenvalue weighted by molar-refractivity contribution is 7.95. The molecule has 118 valence electrons. The Morgan fingerprint density at radius 2 is 2.29 bits per heavy atom. The van der Waals surface area contributed by atoms with Gasteiger partial charge in [-0.25, -0.2) is 26.5 Å². The lowest BCUT2D eigenvalue weighted by Gasteiger charge is -2.17. The summed E-state index contributed by atoms with van der Waals surface area (Å²) in [6.45, 7) is 0. The summed E-state index contributed by atoms with van der Waals surface area (Å²) in [7, 11) is -7.39. The summed E-state index contributed by atoms with van der Waals surface area (Å²) in [6, 6.07) is -1.38. The van der Waals surface area contributed by atoms with Gasteiger partial charge in [0.1, 0.15) is 6.04 Å². The Bertz CT molecular complexity index is 710. The predicted molar refractivity (Wildman–Crippen MR) is 72.8 cm³/mol. The maximum absolute atomic E-state index is 12.1. The molecular formula is C10H15N3O6S2. The van der Waals surface area contributed by atoms with Crippen molar-refractivity contribution in [2.24, 2.45) is 0 Å². The van der Waals surface area contributed by atoms with Crippen LogP contribution in [0.3, 0.4) is 0 Å². The first-order chi connectivity index (χ1) is 9.70. The van der Waals surface area contributed by atoms with E-state index in [1.54, 1.807) is 0 Å². The lowest BCUT2D eigenvalue weighted by molar-refractivity contribution is -0.138. The molecule has 0 amide bonds. The van der Waals surface area contributed by atoms with E-state index in [2.05, 4.69) is 14.7 Å². The minimum Gasteiger partial charge on any atom is -0.480 e. The number of aliphatic carboxylic acids is 1. The van der Waals surface area contributed by atoms with Crippen LogP contribution in [0.25, 0.3) is 0 Å². The topological polar surface area (TPSA) is 146 Å². The third-order valence-corrected chi connectivity index (χ3v) is 7.09. The first-order valence-electron chi connectivity index (χ1n) is 6.11. The summed E-state index contributed by atoms with van der Waals surface area (Å²) in [5, 5.41) is 8.00. The molecule has 0 spiro atoms. The molecule has 0 aromatic carbocycles. The van der Waals surface area contributed by atoms with E-state index in [0.29, 0.717) is 5.69 Å². The number of nitrogens with one attached hydrogen (secondary N) is 2. The molecule has 9 nitrogen and oxygen atoms in total. The number of carboxylic acids is 1. The molecule has 3 N–H and O–H groups in total. The summed E-state index contributed by atoms with van der Waals surface area (Å²) in [4.78, 5) is 17.6. The minimum absolute atomic E-state index is 0.0198. The van der Waals surface area contributed by atoms with Crippen molar-refractivity contribution in [2.75, 3.05) is 11.5 Å². The van der Waals surface area contributed by atoms with Crippen LogP contribution in [0.2, 0.25) is 0 Å². The Balaban J connectivity index is 2.11. The zero-order chi connectivity index (χ0) is 15.7. The number of rotatable bonds is 6. The van der Waals surface area contributed by atoms with E-state index in [-0.39, 0.29) is 18.6 Å². The van der Waals surface area contributed by atoms with Gasteiger partial charge in [0.2, 0.25) is 10.0 Å². The van der Waals surface area contributed by atoms with E-state index >= 15 is 0 Å². The summed E-state index contributed by atoms with van der Waals surface area (Å²) in [5.74, 6) is -2.01. The quantitative estimate of drug-likeness (QED) is 0.573. The van der Waals surface area contributed by atoms with E-state index in [9.17, 15) is 21.6 Å². The van der Waals surface area contributed by atoms with Crippen LogP contribution in [0.5, 0.6) is 0 Å². The van der Waals surface area contributed by atoms with Gasteiger partial charge >= 0.3 is 5.97 Å². The van der Waals surface area contributed by atoms with Crippen LogP contribution in [-0.4, -0.2) is 60.7 Å². The van der Waals surface area contributed by atoms with Crippen LogP contribution in [0.15, 0.2) is 12.5 Å². The first-order valence-corrected chi connectivity index (χ1v) is 9.48. The Morgan fingerprint density at radius 3 is 2.76 bits per heavy atom. The number of carboxylic acid groups (broad SMARTS) is 1. The minimum atomic E-state index is -4.02. The molecule has 2 rings (SSSR count). The molecule has 11 heteroatoms. The highest BCUT2D eigenvalue weighted by atomic mass is 32.2. The molecule has 1 aromatic rings. The van der Waals surface area contributed by atoms with Crippen molar-refractivity contribution in [2.45, 2.75) is 24.1 Å². The summed E-state index contributed by atoms with van der Waals surface area (Å²) >= 11 is 0. The van der Waals surface area contributed by atoms with E-state index in [4.69, 9.17) is 5.11 Å². The van der Waals surface area contributed by atoms with Crippen molar-refractivity contribution < 1.29 is 26.7 Å². The number of hydrogen-bond donors (Lipinski definition) is 3. The maximum Gasteiger partial charge on any atom is 0.322 e. The molecule has 2 heterocycles. The van der Waals surface area contributed by atoms with Gasteiger partial charge in [-0.3, -0.25) is 4.79 Å². The fourth-order valence-corrected chi connectivity index (χ4v) is 6.33. The lowest BCUT2D eigenvalue weighted by atomic mass is 10.2. The van der Waals surface area contributed by atoms with Gasteiger partial charge in [0.25, 0.3) is 0 Å². The number of sulfonamides is 1. The first kappa shape index (κ1) is 15.9. The normalized spacial score (nSPS) is 23.0. The van der Waals surface area contributed by atoms with Gasteiger partial charge in [-0.05, 0) is 6.42 Å². The van der Waals surface area contributed by atoms with Crippen LogP contribution in [-0.2, 0) is 31.1 Å². The number of imidazole rings is 1. The standard InChI is InChI=1S/C10H15N3O6S2/c14-10(15)9(3-7-4-11-6-12-7)13-21(18,19)8-1-2-20(16,17)5-8/h4,6,8-9,13H,1-3,5H2,(H,11,12)(H,14,15)/t8?,9-/m1/s1. The van der Waals surface area contributed by atoms with E-state index in [1.165, 1.54) is 12.5 Å². The number of aromatic amines is 1. The number of hydrogen-bond acceptors (Lipinski definition) is 6. The van der Waals surface area contributed by atoms with Gasteiger partial charge < -0.3 is 10.1 Å². The zero-order valence-corrected chi connectivity index (χ0v) is 12.5. The van der Waals surface area contributed by atoms with E-state index < -0.39 is 42.9 Å². The maximum atomic E-state index is 12.1. The van der Waals surface area contributed by atoms with E-state index in [0.717, 1.165) is 0 Å². The van der Waals surface area contributed by atoms with Gasteiger partial charge in [-0.1, -0.05) is 0 Å². The summed E-state index contributed by atoms with van der Waals surface area (Å²) < 4.78 is 49.0. The van der Waals surface area contributed by atoms with Crippen LogP contribution < -0.4 is 4.72 Å². The number of carbonyl (C=O) groups is 1. The average molecular weight is 337 g/mol. The fraction of sp³-hybridized carbons (Fsp3) is 0.600. The molecule has 1 aromatic heterocycles. The zero-order valence-electron chi connectivity index (χ0n) is 10.9.